The zero-order valence-electron chi connectivity index (χ0n) is 10.9. The molecule has 1 aromatic rings. The molecule has 18 heavy (non-hydrogen) atoms. The zero-order valence-corrected chi connectivity index (χ0v) is 10.9. The lowest BCUT2D eigenvalue weighted by Gasteiger charge is -2.35. The summed E-state index contributed by atoms with van der Waals surface area (Å²) in [6.07, 6.45) is 10.4. The molecule has 2 saturated heterocycles. The Morgan fingerprint density at radius 1 is 1.17 bits per heavy atom. The molecule has 2 aliphatic heterocycles. The first-order valence-corrected chi connectivity index (χ1v) is 7.11. The minimum Gasteiger partial charge on any atom is -0.377 e. The van der Waals surface area contributed by atoms with Crippen molar-refractivity contribution in [3.8, 4) is 0 Å². The Morgan fingerprint density at radius 3 is 2.72 bits per heavy atom. The van der Waals surface area contributed by atoms with Crippen LogP contribution in [0.3, 0.4) is 0 Å². The lowest BCUT2D eigenvalue weighted by molar-refractivity contribution is -0.0111. The largest absolute Gasteiger partial charge is 0.377 e. The van der Waals surface area contributed by atoms with Gasteiger partial charge in [0.25, 0.3) is 0 Å². The van der Waals surface area contributed by atoms with E-state index in [0.717, 1.165) is 26.2 Å². The SMILES string of the molecule is c1cn(C2CCN(CC3CCCCO3)CC2)nn1. The molecule has 1 aromatic heterocycles. The van der Waals surface area contributed by atoms with E-state index in [1.165, 1.54) is 32.1 Å². The maximum Gasteiger partial charge on any atom is 0.0702 e. The van der Waals surface area contributed by atoms with Crippen LogP contribution in [0.25, 0.3) is 0 Å². The van der Waals surface area contributed by atoms with Crippen molar-refractivity contribution >= 4 is 0 Å². The molecule has 0 amide bonds. The van der Waals surface area contributed by atoms with Gasteiger partial charge in [-0.3, -0.25) is 0 Å². The van der Waals surface area contributed by atoms with Crippen molar-refractivity contribution in [1.82, 2.24) is 19.9 Å². The highest BCUT2D eigenvalue weighted by atomic mass is 16.5. The molecule has 0 aliphatic carbocycles. The molecule has 5 heteroatoms. The van der Waals surface area contributed by atoms with E-state index in [1.807, 2.05) is 10.9 Å². The quantitative estimate of drug-likeness (QED) is 0.815. The number of nitrogens with zero attached hydrogens (tertiary/aromatic N) is 4. The number of hydrogen-bond acceptors (Lipinski definition) is 4. The minimum atomic E-state index is 0.474. The van der Waals surface area contributed by atoms with Crippen molar-refractivity contribution in [3.05, 3.63) is 12.4 Å². The molecule has 1 atom stereocenters. The predicted molar refractivity (Wildman–Crippen MR) is 68.3 cm³/mol. The van der Waals surface area contributed by atoms with Crippen LogP contribution >= 0.6 is 0 Å². The number of piperidine rings is 1. The van der Waals surface area contributed by atoms with Gasteiger partial charge in [-0.2, -0.15) is 0 Å². The Bertz CT molecular complexity index is 340. The van der Waals surface area contributed by atoms with Gasteiger partial charge in [0.05, 0.1) is 18.3 Å². The van der Waals surface area contributed by atoms with Gasteiger partial charge in [-0.05, 0) is 32.1 Å². The van der Waals surface area contributed by atoms with E-state index in [9.17, 15) is 0 Å². The maximum atomic E-state index is 5.81. The molecule has 0 spiro atoms. The van der Waals surface area contributed by atoms with Crippen LogP contribution in [0.5, 0.6) is 0 Å². The molecular weight excluding hydrogens is 228 g/mol. The first kappa shape index (κ1) is 12.1. The van der Waals surface area contributed by atoms with Crippen LogP contribution in [0.2, 0.25) is 0 Å². The lowest BCUT2D eigenvalue weighted by atomic mass is 10.0. The number of hydrogen-bond donors (Lipinski definition) is 0. The number of rotatable bonds is 3. The third-order valence-electron chi connectivity index (χ3n) is 4.11. The molecule has 5 nitrogen and oxygen atoms in total. The molecule has 2 aliphatic rings. The van der Waals surface area contributed by atoms with Gasteiger partial charge in [-0.1, -0.05) is 5.21 Å². The zero-order chi connectivity index (χ0) is 12.2. The molecule has 100 valence electrons. The third-order valence-corrected chi connectivity index (χ3v) is 4.11. The lowest BCUT2D eigenvalue weighted by Crippen LogP contribution is -2.41. The van der Waals surface area contributed by atoms with Crippen molar-refractivity contribution in [2.75, 3.05) is 26.2 Å². The molecular formula is C13H22N4O. The second kappa shape index (κ2) is 5.80. The molecule has 0 saturated carbocycles. The molecule has 3 rings (SSSR count). The van der Waals surface area contributed by atoms with Crippen LogP contribution in [0.15, 0.2) is 12.4 Å². The van der Waals surface area contributed by atoms with Gasteiger partial charge in [0, 0.05) is 32.4 Å². The summed E-state index contributed by atoms with van der Waals surface area (Å²) in [7, 11) is 0. The number of ether oxygens (including phenoxy) is 1. The first-order valence-electron chi connectivity index (χ1n) is 7.11. The van der Waals surface area contributed by atoms with E-state index >= 15 is 0 Å². The van der Waals surface area contributed by atoms with Crippen LogP contribution in [-0.2, 0) is 4.74 Å². The van der Waals surface area contributed by atoms with Gasteiger partial charge in [-0.25, -0.2) is 4.68 Å². The normalized spacial score (nSPS) is 27.4. The molecule has 0 bridgehead atoms. The van der Waals surface area contributed by atoms with E-state index < -0.39 is 0 Å². The average molecular weight is 250 g/mol. The smallest absolute Gasteiger partial charge is 0.0702 e. The summed E-state index contributed by atoms with van der Waals surface area (Å²) in [4.78, 5) is 2.55. The van der Waals surface area contributed by atoms with Crippen molar-refractivity contribution < 1.29 is 4.74 Å². The van der Waals surface area contributed by atoms with Gasteiger partial charge < -0.3 is 9.64 Å². The van der Waals surface area contributed by atoms with Crippen LogP contribution in [-0.4, -0.2) is 52.2 Å². The molecule has 0 N–H and O–H groups in total. The van der Waals surface area contributed by atoms with Gasteiger partial charge >= 0.3 is 0 Å². The van der Waals surface area contributed by atoms with Crippen molar-refractivity contribution in [3.63, 3.8) is 0 Å². The average Bonchev–Trinajstić information content (AvgIpc) is 2.95. The van der Waals surface area contributed by atoms with E-state index in [2.05, 4.69) is 15.2 Å². The van der Waals surface area contributed by atoms with E-state index in [0.29, 0.717) is 12.1 Å². The molecule has 1 unspecified atom stereocenters. The Kier molecular flexibility index (Phi) is 3.90. The summed E-state index contributed by atoms with van der Waals surface area (Å²) in [6.45, 7) is 4.39. The van der Waals surface area contributed by atoms with Gasteiger partial charge in [-0.15, -0.1) is 5.10 Å². The predicted octanol–water partition coefficient (Wildman–Crippen LogP) is 1.48. The fourth-order valence-electron chi connectivity index (χ4n) is 3.02. The Hall–Kier alpha value is -0.940. The Balaban J connectivity index is 1.45. The summed E-state index contributed by atoms with van der Waals surface area (Å²) in [5.41, 5.74) is 0. The summed E-state index contributed by atoms with van der Waals surface area (Å²) in [6, 6.07) is 0.538. The molecule has 0 aromatic carbocycles. The summed E-state index contributed by atoms with van der Waals surface area (Å²) < 4.78 is 7.82. The fourth-order valence-corrected chi connectivity index (χ4v) is 3.02. The number of aromatic nitrogens is 3. The fraction of sp³-hybridized carbons (Fsp3) is 0.846. The molecule has 3 heterocycles. The minimum absolute atomic E-state index is 0.474. The van der Waals surface area contributed by atoms with E-state index in [-0.39, 0.29) is 0 Å². The second-order valence-electron chi connectivity index (χ2n) is 5.40. The summed E-state index contributed by atoms with van der Waals surface area (Å²) in [5.74, 6) is 0. The topological polar surface area (TPSA) is 43.2 Å². The van der Waals surface area contributed by atoms with Crippen LogP contribution in [0, 0.1) is 0 Å². The summed E-state index contributed by atoms with van der Waals surface area (Å²) in [5, 5.41) is 7.99. The first-order chi connectivity index (χ1) is 8.92. The third kappa shape index (κ3) is 2.90. The second-order valence-corrected chi connectivity index (χ2v) is 5.40. The van der Waals surface area contributed by atoms with Gasteiger partial charge in [0.15, 0.2) is 0 Å². The van der Waals surface area contributed by atoms with Crippen molar-refractivity contribution in [2.45, 2.75) is 44.2 Å². The van der Waals surface area contributed by atoms with E-state index in [1.54, 1.807) is 6.20 Å². The maximum absolute atomic E-state index is 5.81. The van der Waals surface area contributed by atoms with Crippen LogP contribution < -0.4 is 0 Å². The Morgan fingerprint density at radius 2 is 2.06 bits per heavy atom. The van der Waals surface area contributed by atoms with Gasteiger partial charge in [0.2, 0.25) is 0 Å². The van der Waals surface area contributed by atoms with E-state index in [4.69, 9.17) is 4.74 Å². The van der Waals surface area contributed by atoms with Crippen molar-refractivity contribution in [2.24, 2.45) is 0 Å². The van der Waals surface area contributed by atoms with Gasteiger partial charge in [0.1, 0.15) is 0 Å². The monoisotopic (exact) mass is 250 g/mol. The Labute approximate surface area is 108 Å². The van der Waals surface area contributed by atoms with Crippen LogP contribution in [0.1, 0.15) is 38.1 Å². The highest BCUT2D eigenvalue weighted by molar-refractivity contribution is 4.80. The highest BCUT2D eigenvalue weighted by Gasteiger charge is 2.24. The van der Waals surface area contributed by atoms with Crippen LogP contribution in [0.4, 0.5) is 0 Å². The van der Waals surface area contributed by atoms with Crippen molar-refractivity contribution in [1.29, 1.82) is 0 Å². The molecule has 0 radical (unpaired) electrons. The number of likely N-dealkylation sites (tertiary alicyclic amines) is 1. The summed E-state index contributed by atoms with van der Waals surface area (Å²) >= 11 is 0. The highest BCUT2D eigenvalue weighted by Crippen LogP contribution is 2.22. The molecule has 2 fully saturated rings. The standard InChI is InChI=1S/C13H22N4O/c1-2-10-18-13(3-1)11-16-7-4-12(5-8-16)17-9-6-14-15-17/h6,9,12-13H,1-5,7-8,10-11H2.